The molecule has 5 heteroatoms. The quantitative estimate of drug-likeness (QED) is 0.518. The van der Waals surface area contributed by atoms with Gasteiger partial charge in [-0.25, -0.2) is 0 Å². The summed E-state index contributed by atoms with van der Waals surface area (Å²) >= 11 is 0. The fourth-order valence-corrected chi connectivity index (χ4v) is 2.99. The first-order chi connectivity index (χ1) is 12.6. The Morgan fingerprint density at radius 2 is 1.46 bits per heavy atom. The smallest absolute Gasteiger partial charge is 0.161 e. The average Bonchev–Trinajstić information content (AvgIpc) is 2.66. The molecule has 0 aliphatic heterocycles. The Bertz CT molecular complexity index is 704. The molecule has 0 heterocycles. The molecule has 2 aromatic carbocycles. The topological polar surface area (TPSA) is 57.0 Å². The first kappa shape index (κ1) is 19.9. The van der Waals surface area contributed by atoms with Crippen LogP contribution < -0.4 is 19.9 Å². The molecule has 2 aromatic rings. The molecular weight excluding hydrogens is 328 g/mol. The van der Waals surface area contributed by atoms with Gasteiger partial charge in [-0.2, -0.15) is 0 Å². The molecule has 2 N–H and O–H groups in total. The number of nitrogen functional groups attached to an aromatic ring is 1. The van der Waals surface area contributed by atoms with E-state index in [0.29, 0.717) is 5.69 Å². The third kappa shape index (κ3) is 5.56. The lowest BCUT2D eigenvalue weighted by Crippen LogP contribution is -2.19. The molecule has 0 saturated carbocycles. The molecule has 0 aliphatic carbocycles. The number of aryl methyl sites for hydroxylation is 1. The number of methoxy groups -OCH3 is 3. The van der Waals surface area contributed by atoms with E-state index < -0.39 is 0 Å². The minimum atomic E-state index is 0.686. The van der Waals surface area contributed by atoms with E-state index >= 15 is 0 Å². The van der Waals surface area contributed by atoms with Gasteiger partial charge in [0.05, 0.1) is 27.0 Å². The van der Waals surface area contributed by atoms with Gasteiger partial charge in [0.1, 0.15) is 5.75 Å². The van der Waals surface area contributed by atoms with Crippen molar-refractivity contribution in [3.63, 3.8) is 0 Å². The van der Waals surface area contributed by atoms with Crippen molar-refractivity contribution >= 4 is 5.69 Å². The van der Waals surface area contributed by atoms with Gasteiger partial charge in [-0.05, 0) is 68.2 Å². The zero-order valence-electron chi connectivity index (χ0n) is 16.2. The molecule has 0 atom stereocenters. The molecule has 0 unspecified atom stereocenters. The molecular formula is C21H30N2O3. The third-order valence-corrected chi connectivity index (χ3v) is 4.45. The number of benzene rings is 2. The van der Waals surface area contributed by atoms with Crippen molar-refractivity contribution in [2.75, 3.05) is 40.7 Å². The van der Waals surface area contributed by atoms with Crippen LogP contribution in [0.5, 0.6) is 17.2 Å². The van der Waals surface area contributed by atoms with Crippen LogP contribution in [-0.2, 0) is 13.0 Å². The second-order valence-corrected chi connectivity index (χ2v) is 6.46. The zero-order valence-corrected chi connectivity index (χ0v) is 16.2. The highest BCUT2D eigenvalue weighted by atomic mass is 16.5. The molecule has 0 saturated heterocycles. The molecule has 0 amide bonds. The van der Waals surface area contributed by atoms with Gasteiger partial charge in [0.15, 0.2) is 11.5 Å². The fourth-order valence-electron chi connectivity index (χ4n) is 2.99. The number of nitrogens with zero attached hydrogens (tertiary/aromatic N) is 1. The van der Waals surface area contributed by atoms with Gasteiger partial charge < -0.3 is 24.8 Å². The van der Waals surface area contributed by atoms with Gasteiger partial charge in [-0.3, -0.25) is 0 Å². The SMILES string of the molecule is COc1cc(CCCCN(C)Cc2ccc(OC)c(OC)c2)ccc1N. The van der Waals surface area contributed by atoms with E-state index in [4.69, 9.17) is 19.9 Å². The van der Waals surface area contributed by atoms with E-state index in [1.807, 2.05) is 24.3 Å². The van der Waals surface area contributed by atoms with Crippen molar-refractivity contribution in [2.24, 2.45) is 0 Å². The summed E-state index contributed by atoms with van der Waals surface area (Å²) in [6, 6.07) is 12.1. The molecule has 0 aliphatic rings. The van der Waals surface area contributed by atoms with E-state index in [1.54, 1.807) is 21.3 Å². The van der Waals surface area contributed by atoms with Crippen molar-refractivity contribution in [2.45, 2.75) is 25.8 Å². The Morgan fingerprint density at radius 1 is 0.808 bits per heavy atom. The summed E-state index contributed by atoms with van der Waals surface area (Å²) in [5.41, 5.74) is 9.02. The van der Waals surface area contributed by atoms with E-state index in [-0.39, 0.29) is 0 Å². The number of hydrogen-bond donors (Lipinski definition) is 1. The zero-order chi connectivity index (χ0) is 18.9. The highest BCUT2D eigenvalue weighted by Crippen LogP contribution is 2.28. The third-order valence-electron chi connectivity index (χ3n) is 4.45. The van der Waals surface area contributed by atoms with Crippen LogP contribution in [0.3, 0.4) is 0 Å². The first-order valence-electron chi connectivity index (χ1n) is 8.89. The summed E-state index contributed by atoms with van der Waals surface area (Å²) < 4.78 is 15.9. The number of anilines is 1. The predicted molar refractivity (Wildman–Crippen MR) is 106 cm³/mol. The van der Waals surface area contributed by atoms with Crippen LogP contribution in [0.25, 0.3) is 0 Å². The molecule has 0 fully saturated rings. The maximum atomic E-state index is 5.86. The van der Waals surface area contributed by atoms with Crippen LogP contribution in [0.4, 0.5) is 5.69 Å². The molecule has 0 radical (unpaired) electrons. The first-order valence-corrected chi connectivity index (χ1v) is 8.89. The van der Waals surface area contributed by atoms with Crippen LogP contribution in [0, 0.1) is 0 Å². The highest BCUT2D eigenvalue weighted by molar-refractivity contribution is 5.53. The normalized spacial score (nSPS) is 10.8. The van der Waals surface area contributed by atoms with Gasteiger partial charge in [-0.1, -0.05) is 12.1 Å². The van der Waals surface area contributed by atoms with Crippen molar-refractivity contribution < 1.29 is 14.2 Å². The largest absolute Gasteiger partial charge is 0.495 e. The van der Waals surface area contributed by atoms with Gasteiger partial charge in [-0.15, -0.1) is 0 Å². The molecule has 2 rings (SSSR count). The summed E-state index contributed by atoms with van der Waals surface area (Å²) in [7, 11) is 7.11. The molecule has 0 spiro atoms. The van der Waals surface area contributed by atoms with E-state index in [2.05, 4.69) is 24.1 Å². The molecule has 0 aromatic heterocycles. The van der Waals surface area contributed by atoms with Crippen LogP contribution in [0.15, 0.2) is 36.4 Å². The van der Waals surface area contributed by atoms with Gasteiger partial charge in [0.2, 0.25) is 0 Å². The molecule has 142 valence electrons. The monoisotopic (exact) mass is 358 g/mol. The Morgan fingerprint density at radius 3 is 2.15 bits per heavy atom. The van der Waals surface area contributed by atoms with E-state index in [1.165, 1.54) is 11.1 Å². The number of unbranched alkanes of at least 4 members (excludes halogenated alkanes) is 1. The number of hydrogen-bond acceptors (Lipinski definition) is 5. The van der Waals surface area contributed by atoms with E-state index in [9.17, 15) is 0 Å². The molecule has 5 nitrogen and oxygen atoms in total. The molecule has 26 heavy (non-hydrogen) atoms. The summed E-state index contributed by atoms with van der Waals surface area (Å²) in [5.74, 6) is 2.29. The Balaban J connectivity index is 1.78. The standard InChI is InChI=1S/C21H30N2O3/c1-23(15-17-9-11-19(24-2)21(14-17)26-4)12-6-5-7-16-8-10-18(22)20(13-16)25-3/h8-11,13-14H,5-7,12,15,22H2,1-4H3. The van der Waals surface area contributed by atoms with Crippen molar-refractivity contribution in [1.29, 1.82) is 0 Å². The van der Waals surface area contributed by atoms with Crippen LogP contribution in [-0.4, -0.2) is 39.8 Å². The second kappa shape index (κ2) is 9.92. The minimum Gasteiger partial charge on any atom is -0.495 e. The average molecular weight is 358 g/mol. The highest BCUT2D eigenvalue weighted by Gasteiger charge is 2.07. The number of nitrogens with two attached hydrogens (primary N) is 1. The lowest BCUT2D eigenvalue weighted by molar-refractivity contribution is 0.316. The Hall–Kier alpha value is -2.40. The van der Waals surface area contributed by atoms with Crippen LogP contribution >= 0.6 is 0 Å². The maximum Gasteiger partial charge on any atom is 0.161 e. The van der Waals surface area contributed by atoms with Crippen molar-refractivity contribution in [3.05, 3.63) is 47.5 Å². The van der Waals surface area contributed by atoms with Gasteiger partial charge in [0, 0.05) is 6.54 Å². The van der Waals surface area contributed by atoms with Gasteiger partial charge >= 0.3 is 0 Å². The maximum absolute atomic E-state index is 5.86. The lowest BCUT2D eigenvalue weighted by atomic mass is 10.1. The summed E-state index contributed by atoms with van der Waals surface area (Å²) in [6.45, 7) is 1.93. The number of rotatable bonds is 10. The van der Waals surface area contributed by atoms with Gasteiger partial charge in [0.25, 0.3) is 0 Å². The summed E-state index contributed by atoms with van der Waals surface area (Å²) in [5, 5.41) is 0. The lowest BCUT2D eigenvalue weighted by Gasteiger charge is -2.18. The van der Waals surface area contributed by atoms with Crippen LogP contribution in [0.2, 0.25) is 0 Å². The summed E-state index contributed by atoms with van der Waals surface area (Å²) in [6.07, 6.45) is 3.29. The Labute approximate surface area is 156 Å². The second-order valence-electron chi connectivity index (χ2n) is 6.46. The fraction of sp³-hybridized carbons (Fsp3) is 0.429. The van der Waals surface area contributed by atoms with Crippen molar-refractivity contribution in [1.82, 2.24) is 4.90 Å². The van der Waals surface area contributed by atoms with Crippen LogP contribution in [0.1, 0.15) is 24.0 Å². The van der Waals surface area contributed by atoms with E-state index in [0.717, 1.165) is 49.6 Å². The summed E-state index contributed by atoms with van der Waals surface area (Å²) in [4.78, 5) is 2.32. The predicted octanol–water partition coefficient (Wildman–Crippen LogP) is 3.75. The minimum absolute atomic E-state index is 0.686. The number of ether oxygens (including phenoxy) is 3. The Kier molecular flexibility index (Phi) is 7.60. The molecule has 0 bridgehead atoms. The van der Waals surface area contributed by atoms with Crippen molar-refractivity contribution in [3.8, 4) is 17.2 Å².